The maximum atomic E-state index is 12.1. The topological polar surface area (TPSA) is 96.7 Å². The Kier molecular flexibility index (Phi) is 6.31. The van der Waals surface area contributed by atoms with Crippen molar-refractivity contribution in [3.05, 3.63) is 41.5 Å². The van der Waals surface area contributed by atoms with Crippen LogP contribution in [0.15, 0.2) is 35.9 Å². The first kappa shape index (κ1) is 17.4. The second-order valence-electron chi connectivity index (χ2n) is 4.64. The highest BCUT2D eigenvalue weighted by Crippen LogP contribution is 2.19. The first-order valence-electron chi connectivity index (χ1n) is 6.84. The van der Waals surface area contributed by atoms with Gasteiger partial charge in [0.15, 0.2) is 5.71 Å². The summed E-state index contributed by atoms with van der Waals surface area (Å²) in [6.07, 6.45) is -0.457. The number of esters is 2. The molecule has 118 valence electrons. The van der Waals surface area contributed by atoms with Gasteiger partial charge in [-0.1, -0.05) is 30.3 Å². The maximum absolute atomic E-state index is 12.1. The van der Waals surface area contributed by atoms with Gasteiger partial charge in [0.05, 0.1) is 12.7 Å². The van der Waals surface area contributed by atoms with Gasteiger partial charge in [0.2, 0.25) is 0 Å². The van der Waals surface area contributed by atoms with Crippen molar-refractivity contribution in [2.45, 2.75) is 26.9 Å². The van der Waals surface area contributed by atoms with Crippen molar-refractivity contribution in [1.29, 1.82) is 5.41 Å². The van der Waals surface area contributed by atoms with E-state index in [0.29, 0.717) is 5.56 Å². The lowest BCUT2D eigenvalue weighted by Gasteiger charge is -2.13. The lowest BCUT2D eigenvalue weighted by molar-refractivity contribution is -0.143. The Morgan fingerprint density at radius 2 is 1.77 bits per heavy atom. The Morgan fingerprint density at radius 3 is 2.27 bits per heavy atom. The van der Waals surface area contributed by atoms with E-state index in [-0.39, 0.29) is 6.61 Å². The van der Waals surface area contributed by atoms with Crippen LogP contribution in [0.5, 0.6) is 0 Å². The number of carbonyl (C=O) groups is 2. The molecule has 0 spiro atoms. The minimum Gasteiger partial charge on any atom is -0.506 e. The van der Waals surface area contributed by atoms with Crippen LogP contribution in [-0.2, 0) is 19.1 Å². The summed E-state index contributed by atoms with van der Waals surface area (Å²) in [6.45, 7) is 4.89. The van der Waals surface area contributed by atoms with Crippen molar-refractivity contribution in [3.8, 4) is 0 Å². The van der Waals surface area contributed by atoms with Crippen LogP contribution in [0.25, 0.3) is 5.76 Å². The number of rotatable bonds is 6. The van der Waals surface area contributed by atoms with Crippen LogP contribution in [0.4, 0.5) is 0 Å². The largest absolute Gasteiger partial charge is 0.506 e. The molecule has 1 aromatic rings. The molecule has 0 unspecified atom stereocenters. The molecule has 1 aromatic carbocycles. The van der Waals surface area contributed by atoms with Gasteiger partial charge >= 0.3 is 11.9 Å². The number of ether oxygens (including phenoxy) is 2. The standard InChI is InChI=1S/C16H19NO5/c1-4-21-16(20)13(17)12(15(19)22-10(2)3)14(18)11-8-6-5-7-9-11/h5-10,17-18H,4H2,1-3H3/b14-12+,17-13?. The molecule has 0 atom stereocenters. The Morgan fingerprint density at radius 1 is 1.18 bits per heavy atom. The number of hydrogen-bond donors (Lipinski definition) is 2. The van der Waals surface area contributed by atoms with Gasteiger partial charge in [-0.3, -0.25) is 5.41 Å². The van der Waals surface area contributed by atoms with Gasteiger partial charge in [-0.25, -0.2) is 9.59 Å². The fourth-order valence-electron chi connectivity index (χ4n) is 1.64. The quantitative estimate of drug-likeness (QED) is 0.364. The maximum Gasteiger partial charge on any atom is 0.357 e. The molecular weight excluding hydrogens is 286 g/mol. The van der Waals surface area contributed by atoms with Crippen LogP contribution in [-0.4, -0.2) is 35.5 Å². The summed E-state index contributed by atoms with van der Waals surface area (Å²) < 4.78 is 9.71. The Hall–Kier alpha value is -2.63. The monoisotopic (exact) mass is 305 g/mol. The number of aliphatic hydroxyl groups is 1. The van der Waals surface area contributed by atoms with Gasteiger partial charge in [-0.05, 0) is 20.8 Å². The summed E-state index contributed by atoms with van der Waals surface area (Å²) in [7, 11) is 0. The molecular formula is C16H19NO5. The minimum atomic E-state index is -0.999. The average Bonchev–Trinajstić information content (AvgIpc) is 2.47. The fraction of sp³-hybridized carbons (Fsp3) is 0.312. The summed E-state index contributed by atoms with van der Waals surface area (Å²) in [5.41, 5.74) is -0.959. The molecule has 6 heteroatoms. The highest BCUT2D eigenvalue weighted by Gasteiger charge is 2.29. The van der Waals surface area contributed by atoms with Gasteiger partial charge in [0.1, 0.15) is 11.3 Å². The van der Waals surface area contributed by atoms with Gasteiger partial charge in [-0.15, -0.1) is 0 Å². The predicted molar refractivity (Wildman–Crippen MR) is 81.6 cm³/mol. The molecule has 0 fully saturated rings. The minimum absolute atomic E-state index is 0.0554. The van der Waals surface area contributed by atoms with Crippen LogP contribution in [0, 0.1) is 5.41 Å². The van der Waals surface area contributed by atoms with E-state index in [0.717, 1.165) is 0 Å². The molecule has 0 aliphatic heterocycles. The third-order valence-electron chi connectivity index (χ3n) is 2.56. The van der Waals surface area contributed by atoms with E-state index in [2.05, 4.69) is 0 Å². The number of nitrogens with one attached hydrogen (secondary N) is 1. The molecule has 0 aliphatic rings. The van der Waals surface area contributed by atoms with Crippen molar-refractivity contribution < 1.29 is 24.2 Å². The van der Waals surface area contributed by atoms with E-state index in [1.165, 1.54) is 0 Å². The van der Waals surface area contributed by atoms with E-state index in [1.807, 2.05) is 0 Å². The fourth-order valence-corrected chi connectivity index (χ4v) is 1.64. The molecule has 6 nitrogen and oxygen atoms in total. The third-order valence-corrected chi connectivity index (χ3v) is 2.56. The van der Waals surface area contributed by atoms with Gasteiger partial charge in [-0.2, -0.15) is 0 Å². The number of benzene rings is 1. The van der Waals surface area contributed by atoms with Crippen molar-refractivity contribution in [2.75, 3.05) is 6.61 Å². The van der Waals surface area contributed by atoms with Crippen LogP contribution < -0.4 is 0 Å². The highest BCUT2D eigenvalue weighted by atomic mass is 16.5. The molecule has 0 aliphatic carbocycles. The van der Waals surface area contributed by atoms with Crippen LogP contribution in [0.2, 0.25) is 0 Å². The molecule has 0 bridgehead atoms. The lowest BCUT2D eigenvalue weighted by Crippen LogP contribution is -2.27. The zero-order chi connectivity index (χ0) is 16.7. The van der Waals surface area contributed by atoms with E-state index in [1.54, 1.807) is 51.1 Å². The number of carbonyl (C=O) groups excluding carboxylic acids is 2. The predicted octanol–water partition coefficient (Wildman–Crippen LogP) is 2.49. The van der Waals surface area contributed by atoms with E-state index >= 15 is 0 Å². The summed E-state index contributed by atoms with van der Waals surface area (Å²) in [4.78, 5) is 23.8. The van der Waals surface area contributed by atoms with E-state index < -0.39 is 35.1 Å². The molecule has 0 saturated carbocycles. The molecule has 0 saturated heterocycles. The van der Waals surface area contributed by atoms with E-state index in [9.17, 15) is 14.7 Å². The average molecular weight is 305 g/mol. The first-order valence-corrected chi connectivity index (χ1v) is 6.84. The second kappa shape index (κ2) is 7.97. The zero-order valence-corrected chi connectivity index (χ0v) is 12.8. The number of hydrogen-bond acceptors (Lipinski definition) is 6. The van der Waals surface area contributed by atoms with Gasteiger partial charge < -0.3 is 14.6 Å². The van der Waals surface area contributed by atoms with Crippen LogP contribution >= 0.6 is 0 Å². The number of aliphatic hydroxyl groups excluding tert-OH is 1. The van der Waals surface area contributed by atoms with Gasteiger partial charge in [0, 0.05) is 5.56 Å². The second-order valence-corrected chi connectivity index (χ2v) is 4.64. The summed E-state index contributed by atoms with van der Waals surface area (Å²) in [6, 6.07) is 8.16. The van der Waals surface area contributed by atoms with Gasteiger partial charge in [0.25, 0.3) is 0 Å². The zero-order valence-electron chi connectivity index (χ0n) is 12.8. The molecule has 22 heavy (non-hydrogen) atoms. The molecule has 1 rings (SSSR count). The van der Waals surface area contributed by atoms with E-state index in [4.69, 9.17) is 14.9 Å². The smallest absolute Gasteiger partial charge is 0.357 e. The molecule has 0 amide bonds. The lowest BCUT2D eigenvalue weighted by atomic mass is 10.0. The SMILES string of the molecule is CCOC(=O)C(=N)/C(C(=O)OC(C)C)=C(\O)c1ccccc1. The Balaban J connectivity index is 3.30. The third kappa shape index (κ3) is 4.44. The summed E-state index contributed by atoms with van der Waals surface area (Å²) in [5, 5.41) is 18.1. The van der Waals surface area contributed by atoms with Crippen molar-refractivity contribution in [3.63, 3.8) is 0 Å². The van der Waals surface area contributed by atoms with Crippen molar-refractivity contribution in [1.82, 2.24) is 0 Å². The summed E-state index contributed by atoms with van der Waals surface area (Å²) >= 11 is 0. The molecule has 0 heterocycles. The summed E-state index contributed by atoms with van der Waals surface area (Å²) in [5.74, 6) is -2.45. The first-order chi connectivity index (χ1) is 10.4. The van der Waals surface area contributed by atoms with Crippen molar-refractivity contribution >= 4 is 23.4 Å². The van der Waals surface area contributed by atoms with Crippen LogP contribution in [0.3, 0.4) is 0 Å². The Bertz CT molecular complexity index is 590. The Labute approximate surface area is 128 Å². The van der Waals surface area contributed by atoms with Crippen molar-refractivity contribution in [2.24, 2.45) is 0 Å². The van der Waals surface area contributed by atoms with Crippen LogP contribution in [0.1, 0.15) is 26.3 Å². The normalized spacial score (nSPS) is 11.6. The highest BCUT2D eigenvalue weighted by molar-refractivity contribution is 6.49. The molecule has 0 radical (unpaired) electrons. The molecule has 2 N–H and O–H groups in total. The molecule has 0 aromatic heterocycles.